The third-order valence-corrected chi connectivity index (χ3v) is 4.22. The minimum Gasteiger partial charge on any atom is -0.337 e. The predicted octanol–water partition coefficient (Wildman–Crippen LogP) is 2.85. The van der Waals surface area contributed by atoms with E-state index in [0.717, 1.165) is 0 Å². The third-order valence-electron chi connectivity index (χ3n) is 4.22. The first kappa shape index (κ1) is 17.5. The average molecular weight is 381 g/mol. The monoisotopic (exact) mass is 381 g/mol. The molecule has 4 aromatic rings. The molecule has 0 saturated carbocycles. The molecule has 2 aromatic heterocycles. The van der Waals surface area contributed by atoms with Crippen molar-refractivity contribution in [3.63, 3.8) is 0 Å². The van der Waals surface area contributed by atoms with Gasteiger partial charge in [-0.3, -0.25) is 19.5 Å². The fraction of sp³-hybridized carbons (Fsp3) is 0.111. The highest BCUT2D eigenvalue weighted by molar-refractivity contribution is 5.79. The van der Waals surface area contributed by atoms with Crippen LogP contribution in [-0.2, 0) is 6.54 Å². The number of benzene rings is 2. The largest absolute Gasteiger partial charge is 0.337 e. The molecule has 0 atom stereocenters. The number of non-ortho nitro benzene ring substituents is 1. The van der Waals surface area contributed by atoms with Gasteiger partial charge in [-0.05, 0) is 24.6 Å². The molecule has 0 spiro atoms. The average Bonchev–Trinajstić information content (AvgIpc) is 3.14. The molecule has 0 amide bonds. The highest BCUT2D eigenvalue weighted by atomic mass is 19.1. The van der Waals surface area contributed by atoms with Gasteiger partial charge in [0, 0.05) is 17.7 Å². The minimum atomic E-state index is -0.555. The Morgan fingerprint density at radius 2 is 2.07 bits per heavy atom. The van der Waals surface area contributed by atoms with Crippen LogP contribution < -0.4 is 5.56 Å². The second kappa shape index (κ2) is 6.65. The minimum absolute atomic E-state index is 0.0416. The summed E-state index contributed by atoms with van der Waals surface area (Å²) in [6, 6.07) is 8.42. The van der Waals surface area contributed by atoms with E-state index >= 15 is 0 Å². The highest BCUT2D eigenvalue weighted by Gasteiger charge is 2.14. The lowest BCUT2D eigenvalue weighted by atomic mass is 10.1. The Balaban J connectivity index is 1.65. The van der Waals surface area contributed by atoms with E-state index in [1.54, 1.807) is 19.1 Å². The van der Waals surface area contributed by atoms with Gasteiger partial charge in [-0.25, -0.2) is 9.37 Å². The molecule has 0 saturated heterocycles. The molecule has 2 heterocycles. The molecule has 0 aliphatic rings. The third kappa shape index (κ3) is 3.11. The molecule has 0 unspecified atom stereocenters. The van der Waals surface area contributed by atoms with Crippen molar-refractivity contribution >= 4 is 16.6 Å². The smallest absolute Gasteiger partial charge is 0.271 e. The summed E-state index contributed by atoms with van der Waals surface area (Å²) in [4.78, 5) is 31.1. The normalized spacial score (nSPS) is 11.1. The maximum absolute atomic E-state index is 13.7. The topological polar surface area (TPSA) is 117 Å². The Morgan fingerprint density at radius 3 is 2.82 bits per heavy atom. The molecule has 0 fully saturated rings. The number of fused-ring (bicyclic) bond motifs is 1. The van der Waals surface area contributed by atoms with Crippen LogP contribution in [0.5, 0.6) is 0 Å². The van der Waals surface area contributed by atoms with Crippen LogP contribution in [0.25, 0.3) is 22.3 Å². The van der Waals surface area contributed by atoms with Gasteiger partial charge in [0.15, 0.2) is 0 Å². The van der Waals surface area contributed by atoms with Gasteiger partial charge in [0.05, 0.1) is 22.2 Å². The van der Waals surface area contributed by atoms with Crippen molar-refractivity contribution in [1.82, 2.24) is 19.7 Å². The quantitative estimate of drug-likeness (QED) is 0.394. The summed E-state index contributed by atoms with van der Waals surface area (Å²) >= 11 is 0. The SMILES string of the molecule is Cc1ccc(-c2noc(Cn3cnc4cc([N+](=O)[O-])ccc4c3=O)n2)cc1F. The summed E-state index contributed by atoms with van der Waals surface area (Å²) in [6.07, 6.45) is 1.25. The van der Waals surface area contributed by atoms with Crippen molar-refractivity contribution in [2.75, 3.05) is 0 Å². The van der Waals surface area contributed by atoms with E-state index in [4.69, 9.17) is 4.52 Å². The summed E-state index contributed by atoms with van der Waals surface area (Å²) in [5.74, 6) is -0.0413. The first-order chi connectivity index (χ1) is 13.4. The van der Waals surface area contributed by atoms with E-state index in [1.165, 1.54) is 35.2 Å². The predicted molar refractivity (Wildman–Crippen MR) is 96.2 cm³/mol. The molecule has 0 radical (unpaired) electrons. The van der Waals surface area contributed by atoms with Crippen LogP contribution in [0.15, 0.2) is 52.0 Å². The number of hydrogen-bond donors (Lipinski definition) is 0. The Kier molecular flexibility index (Phi) is 4.15. The summed E-state index contributed by atoms with van der Waals surface area (Å²) < 4.78 is 20.1. The number of nitrogens with zero attached hydrogens (tertiary/aromatic N) is 5. The van der Waals surface area contributed by atoms with E-state index < -0.39 is 10.5 Å². The van der Waals surface area contributed by atoms with Gasteiger partial charge in [-0.1, -0.05) is 17.3 Å². The van der Waals surface area contributed by atoms with Crippen LogP contribution in [0.3, 0.4) is 0 Å². The summed E-state index contributed by atoms with van der Waals surface area (Å²) in [5, 5.41) is 14.9. The lowest BCUT2D eigenvalue weighted by Crippen LogP contribution is -2.21. The molecule has 0 bridgehead atoms. The fourth-order valence-corrected chi connectivity index (χ4v) is 2.69. The second-order valence-corrected chi connectivity index (χ2v) is 6.11. The number of rotatable bonds is 4. The Labute approximate surface area is 156 Å². The molecule has 10 heteroatoms. The zero-order chi connectivity index (χ0) is 19.8. The molecule has 4 rings (SSSR count). The van der Waals surface area contributed by atoms with Crippen molar-refractivity contribution in [2.24, 2.45) is 0 Å². The van der Waals surface area contributed by atoms with Gasteiger partial charge < -0.3 is 4.52 Å². The molecule has 0 aliphatic heterocycles. The first-order valence-electron chi connectivity index (χ1n) is 8.15. The van der Waals surface area contributed by atoms with Crippen molar-refractivity contribution in [3.8, 4) is 11.4 Å². The molecular weight excluding hydrogens is 369 g/mol. The van der Waals surface area contributed by atoms with Crippen molar-refractivity contribution in [1.29, 1.82) is 0 Å². The van der Waals surface area contributed by atoms with Crippen molar-refractivity contribution < 1.29 is 13.8 Å². The Morgan fingerprint density at radius 1 is 1.25 bits per heavy atom. The zero-order valence-electron chi connectivity index (χ0n) is 14.5. The maximum Gasteiger partial charge on any atom is 0.271 e. The van der Waals surface area contributed by atoms with Crippen LogP contribution in [0.4, 0.5) is 10.1 Å². The van der Waals surface area contributed by atoms with Crippen LogP contribution in [-0.4, -0.2) is 24.6 Å². The van der Waals surface area contributed by atoms with Crippen LogP contribution in [0.1, 0.15) is 11.5 Å². The van der Waals surface area contributed by atoms with E-state index in [-0.39, 0.29) is 40.7 Å². The van der Waals surface area contributed by atoms with Crippen molar-refractivity contribution in [2.45, 2.75) is 13.5 Å². The summed E-state index contributed by atoms with van der Waals surface area (Å²) in [5.41, 5.74) is 0.623. The Hall–Kier alpha value is -3.95. The second-order valence-electron chi connectivity index (χ2n) is 6.11. The van der Waals surface area contributed by atoms with Gasteiger partial charge in [-0.2, -0.15) is 4.98 Å². The van der Waals surface area contributed by atoms with Crippen molar-refractivity contribution in [3.05, 3.63) is 80.5 Å². The standard InChI is InChI=1S/C18H12FN5O4/c1-10-2-3-11(6-14(10)19)17-21-16(28-22-17)8-23-9-20-15-7-12(24(26)27)4-5-13(15)18(23)25/h2-7,9H,8H2,1H3. The number of hydrogen-bond acceptors (Lipinski definition) is 7. The molecule has 140 valence electrons. The zero-order valence-corrected chi connectivity index (χ0v) is 14.5. The fourth-order valence-electron chi connectivity index (χ4n) is 2.69. The number of halogens is 1. The summed E-state index contributed by atoms with van der Waals surface area (Å²) in [7, 11) is 0. The van der Waals surface area contributed by atoms with Crippen LogP contribution >= 0.6 is 0 Å². The number of nitro groups is 1. The van der Waals surface area contributed by atoms with Gasteiger partial charge in [0.1, 0.15) is 12.4 Å². The number of aromatic nitrogens is 4. The van der Waals surface area contributed by atoms with Gasteiger partial charge in [-0.15, -0.1) is 0 Å². The molecular formula is C18H12FN5O4. The molecule has 9 nitrogen and oxygen atoms in total. The van der Waals surface area contributed by atoms with Gasteiger partial charge in [0.2, 0.25) is 11.7 Å². The van der Waals surface area contributed by atoms with E-state index in [2.05, 4.69) is 15.1 Å². The molecule has 0 aliphatic carbocycles. The van der Waals surface area contributed by atoms with E-state index in [0.29, 0.717) is 11.1 Å². The molecule has 2 aromatic carbocycles. The lowest BCUT2D eigenvalue weighted by Gasteiger charge is -2.03. The number of nitro benzene ring substituents is 1. The number of aryl methyl sites for hydroxylation is 1. The van der Waals surface area contributed by atoms with Gasteiger partial charge >= 0.3 is 0 Å². The summed E-state index contributed by atoms with van der Waals surface area (Å²) in [6.45, 7) is 1.61. The highest BCUT2D eigenvalue weighted by Crippen LogP contribution is 2.20. The van der Waals surface area contributed by atoms with Crippen LogP contribution in [0.2, 0.25) is 0 Å². The maximum atomic E-state index is 13.7. The van der Waals surface area contributed by atoms with Gasteiger partial charge in [0.25, 0.3) is 11.2 Å². The van der Waals surface area contributed by atoms with E-state index in [9.17, 15) is 19.3 Å². The van der Waals surface area contributed by atoms with Crippen LogP contribution in [0, 0.1) is 22.9 Å². The first-order valence-corrected chi connectivity index (χ1v) is 8.15. The Bertz CT molecular complexity index is 1280. The molecule has 28 heavy (non-hydrogen) atoms. The van der Waals surface area contributed by atoms with E-state index in [1.807, 2.05) is 0 Å². The molecule has 0 N–H and O–H groups in total. The lowest BCUT2D eigenvalue weighted by molar-refractivity contribution is -0.384.